The third-order valence-electron chi connectivity index (χ3n) is 5.13. The van der Waals surface area contributed by atoms with E-state index in [1.54, 1.807) is 36.1 Å². The minimum absolute atomic E-state index is 0.211. The molecule has 0 bridgehead atoms. The SMILES string of the molecule is C/C=C\C(=N/N(C)c1c(NC)cc(C(=O)OC)cc1OC)[C@H]1CCCN1C(=O)OC(C)(C)C. The first-order chi connectivity index (χ1) is 15.6. The molecule has 1 atom stereocenters. The Morgan fingerprint density at radius 1 is 1.27 bits per heavy atom. The van der Waals surface area contributed by atoms with E-state index in [1.165, 1.54) is 14.2 Å². The van der Waals surface area contributed by atoms with Gasteiger partial charge in [-0.15, -0.1) is 0 Å². The first kappa shape index (κ1) is 26.0. The number of nitrogens with one attached hydrogen (secondary N) is 1. The summed E-state index contributed by atoms with van der Waals surface area (Å²) in [5, 5.41) is 9.62. The summed E-state index contributed by atoms with van der Waals surface area (Å²) in [6.07, 6.45) is 5.10. The molecule has 1 aliphatic rings. The van der Waals surface area contributed by atoms with Crippen LogP contribution in [-0.2, 0) is 9.47 Å². The molecule has 0 spiro atoms. The van der Waals surface area contributed by atoms with E-state index in [0.717, 1.165) is 18.6 Å². The molecule has 182 valence electrons. The molecular formula is C24H36N4O5. The van der Waals surface area contributed by atoms with Gasteiger partial charge in [-0.05, 0) is 58.7 Å². The lowest BCUT2D eigenvalue weighted by molar-refractivity contribution is 0.0266. The van der Waals surface area contributed by atoms with Crippen LogP contribution in [-0.4, -0.2) is 69.2 Å². The number of nitrogens with zero attached hydrogens (tertiary/aromatic N) is 3. The molecule has 9 heteroatoms. The second-order valence-corrected chi connectivity index (χ2v) is 8.70. The van der Waals surface area contributed by atoms with Crippen LogP contribution in [0, 0.1) is 0 Å². The second-order valence-electron chi connectivity index (χ2n) is 8.70. The molecule has 1 aromatic carbocycles. The summed E-state index contributed by atoms with van der Waals surface area (Å²) in [7, 11) is 6.42. The maximum Gasteiger partial charge on any atom is 0.410 e. The van der Waals surface area contributed by atoms with E-state index in [0.29, 0.717) is 29.2 Å². The van der Waals surface area contributed by atoms with E-state index >= 15 is 0 Å². The number of hydrogen-bond acceptors (Lipinski definition) is 8. The van der Waals surface area contributed by atoms with Gasteiger partial charge in [0.25, 0.3) is 0 Å². The average molecular weight is 461 g/mol. The summed E-state index contributed by atoms with van der Waals surface area (Å²) >= 11 is 0. The number of likely N-dealkylation sites (tertiary alicyclic amines) is 1. The monoisotopic (exact) mass is 460 g/mol. The van der Waals surface area contributed by atoms with Crippen LogP contribution in [0.4, 0.5) is 16.2 Å². The molecule has 0 aromatic heterocycles. The Bertz CT molecular complexity index is 895. The van der Waals surface area contributed by atoms with Crippen molar-refractivity contribution < 1.29 is 23.8 Å². The van der Waals surface area contributed by atoms with Crippen molar-refractivity contribution in [1.82, 2.24) is 4.90 Å². The van der Waals surface area contributed by atoms with Gasteiger partial charge in [0, 0.05) is 20.6 Å². The molecule has 1 N–H and O–H groups in total. The fourth-order valence-corrected chi connectivity index (χ4v) is 3.74. The van der Waals surface area contributed by atoms with Gasteiger partial charge < -0.3 is 19.5 Å². The van der Waals surface area contributed by atoms with Gasteiger partial charge in [-0.1, -0.05) is 6.08 Å². The maximum atomic E-state index is 12.8. The number of amides is 1. The summed E-state index contributed by atoms with van der Waals surface area (Å²) in [5.41, 5.74) is 1.81. The first-order valence-corrected chi connectivity index (χ1v) is 11.0. The Balaban J connectivity index is 2.47. The fourth-order valence-electron chi connectivity index (χ4n) is 3.74. The van der Waals surface area contributed by atoms with Crippen molar-refractivity contribution in [3.05, 3.63) is 29.8 Å². The summed E-state index contributed by atoms with van der Waals surface area (Å²) in [5.74, 6) is -0.000170. The molecule has 0 radical (unpaired) electrons. The third kappa shape index (κ3) is 6.40. The number of carbonyl (C=O) groups excluding carboxylic acids is 2. The second kappa shape index (κ2) is 11.1. The van der Waals surface area contributed by atoms with Crippen molar-refractivity contribution in [1.29, 1.82) is 0 Å². The molecular weight excluding hydrogens is 424 g/mol. The minimum Gasteiger partial charge on any atom is -0.494 e. The maximum absolute atomic E-state index is 12.8. The van der Waals surface area contributed by atoms with Crippen molar-refractivity contribution >= 4 is 29.1 Å². The van der Waals surface area contributed by atoms with Crippen LogP contribution in [0.3, 0.4) is 0 Å². The van der Waals surface area contributed by atoms with E-state index < -0.39 is 11.6 Å². The predicted molar refractivity (Wildman–Crippen MR) is 130 cm³/mol. The van der Waals surface area contributed by atoms with Crippen molar-refractivity contribution in [2.24, 2.45) is 5.10 Å². The molecule has 1 heterocycles. The zero-order valence-corrected chi connectivity index (χ0v) is 20.9. The molecule has 1 saturated heterocycles. The normalized spacial score (nSPS) is 16.7. The molecule has 1 amide bonds. The van der Waals surface area contributed by atoms with Crippen LogP contribution < -0.4 is 15.1 Å². The zero-order valence-electron chi connectivity index (χ0n) is 20.9. The number of methoxy groups -OCH3 is 2. The number of benzene rings is 1. The number of esters is 1. The Morgan fingerprint density at radius 2 is 1.97 bits per heavy atom. The Labute approximate surface area is 196 Å². The van der Waals surface area contributed by atoms with Crippen molar-refractivity contribution in [2.45, 2.75) is 52.2 Å². The van der Waals surface area contributed by atoms with E-state index in [4.69, 9.17) is 19.3 Å². The van der Waals surface area contributed by atoms with Crippen LogP contribution in [0.15, 0.2) is 29.4 Å². The van der Waals surface area contributed by atoms with Gasteiger partial charge in [-0.2, -0.15) is 5.10 Å². The largest absolute Gasteiger partial charge is 0.494 e. The van der Waals surface area contributed by atoms with Crippen LogP contribution in [0.5, 0.6) is 5.75 Å². The smallest absolute Gasteiger partial charge is 0.410 e. The molecule has 1 aromatic rings. The number of hydrazone groups is 1. The molecule has 0 aliphatic carbocycles. The summed E-state index contributed by atoms with van der Waals surface area (Å²) in [4.78, 5) is 26.6. The van der Waals surface area contributed by atoms with Gasteiger partial charge in [0.15, 0.2) is 0 Å². The summed E-state index contributed by atoms with van der Waals surface area (Å²) in [6.45, 7) is 8.09. The molecule has 33 heavy (non-hydrogen) atoms. The van der Waals surface area contributed by atoms with E-state index in [2.05, 4.69) is 5.32 Å². The molecule has 0 unspecified atom stereocenters. The molecule has 1 aliphatic heterocycles. The van der Waals surface area contributed by atoms with Crippen LogP contribution in [0.25, 0.3) is 0 Å². The Kier molecular flexibility index (Phi) is 8.73. The van der Waals surface area contributed by atoms with E-state index in [9.17, 15) is 9.59 Å². The average Bonchev–Trinajstić information content (AvgIpc) is 3.26. The number of allylic oxidation sites excluding steroid dienone is 1. The lowest BCUT2D eigenvalue weighted by Crippen LogP contribution is -2.43. The lowest BCUT2D eigenvalue weighted by Gasteiger charge is -2.29. The van der Waals surface area contributed by atoms with Gasteiger partial charge in [0.1, 0.15) is 17.0 Å². The number of ether oxygens (including phenoxy) is 3. The topological polar surface area (TPSA) is 92.7 Å². The molecule has 1 fully saturated rings. The number of carbonyl (C=O) groups is 2. The van der Waals surface area contributed by atoms with Crippen molar-refractivity contribution in [3.63, 3.8) is 0 Å². The van der Waals surface area contributed by atoms with Crippen LogP contribution in [0.2, 0.25) is 0 Å². The summed E-state index contributed by atoms with van der Waals surface area (Å²) in [6, 6.07) is 3.09. The van der Waals surface area contributed by atoms with Crippen molar-refractivity contribution in [3.8, 4) is 5.75 Å². The Morgan fingerprint density at radius 3 is 2.52 bits per heavy atom. The molecule has 9 nitrogen and oxygen atoms in total. The zero-order chi connectivity index (χ0) is 24.8. The first-order valence-electron chi connectivity index (χ1n) is 11.0. The fraction of sp³-hybridized carbons (Fsp3) is 0.542. The number of anilines is 2. The third-order valence-corrected chi connectivity index (χ3v) is 5.13. The lowest BCUT2D eigenvalue weighted by atomic mass is 10.1. The highest BCUT2D eigenvalue weighted by atomic mass is 16.6. The molecule has 2 rings (SSSR count). The predicted octanol–water partition coefficient (Wildman–Crippen LogP) is 4.29. The van der Waals surface area contributed by atoms with E-state index in [1.807, 2.05) is 39.8 Å². The number of hydrogen-bond donors (Lipinski definition) is 1. The van der Waals surface area contributed by atoms with Gasteiger partial charge in [-0.25, -0.2) is 9.59 Å². The van der Waals surface area contributed by atoms with Gasteiger partial charge in [-0.3, -0.25) is 9.91 Å². The highest BCUT2D eigenvalue weighted by Crippen LogP contribution is 2.37. The van der Waals surface area contributed by atoms with Gasteiger partial charge in [0.05, 0.1) is 37.2 Å². The number of rotatable bonds is 7. The highest BCUT2D eigenvalue weighted by Gasteiger charge is 2.35. The minimum atomic E-state index is -0.574. The quantitative estimate of drug-likeness (QED) is 0.369. The van der Waals surface area contributed by atoms with Crippen molar-refractivity contribution in [2.75, 3.05) is 45.2 Å². The van der Waals surface area contributed by atoms with Crippen LogP contribution in [0.1, 0.15) is 50.9 Å². The highest BCUT2D eigenvalue weighted by molar-refractivity contribution is 6.02. The van der Waals surface area contributed by atoms with E-state index in [-0.39, 0.29) is 12.1 Å². The summed E-state index contributed by atoms with van der Waals surface area (Å²) < 4.78 is 16.0. The Hall–Kier alpha value is -3.23. The molecule has 0 saturated carbocycles. The van der Waals surface area contributed by atoms with Gasteiger partial charge in [0.2, 0.25) is 0 Å². The van der Waals surface area contributed by atoms with Gasteiger partial charge >= 0.3 is 12.1 Å². The standard InChI is InChI=1S/C24H36N4O5/c1-9-11-17(19-12-10-13-28(19)23(30)33-24(2,3)4)26-27(6)21-18(25-5)14-16(22(29)32-8)15-20(21)31-7/h9,11,14-15,19,25H,10,12-13H2,1-8H3/b11-9-,26-17+/t19-/m1/s1. The van der Waals surface area contributed by atoms with Crippen LogP contribution >= 0.6 is 0 Å².